The standard InChI is InChI=1S/C15H23NO/c1-10-7-12(3)14(8-11(10)2)9-16-15-5-6-17-13(15)4/h7-8,13,15-16H,5-6,9H2,1-4H3. The Labute approximate surface area is 104 Å². The molecule has 1 saturated heterocycles. The molecule has 0 aromatic heterocycles. The van der Waals surface area contributed by atoms with Crippen molar-refractivity contribution in [1.82, 2.24) is 5.32 Å². The summed E-state index contributed by atoms with van der Waals surface area (Å²) in [4.78, 5) is 0. The summed E-state index contributed by atoms with van der Waals surface area (Å²) in [6.45, 7) is 10.5. The molecule has 1 aliphatic heterocycles. The van der Waals surface area contributed by atoms with Gasteiger partial charge in [0, 0.05) is 19.2 Å². The van der Waals surface area contributed by atoms with Crippen molar-refractivity contribution in [3.63, 3.8) is 0 Å². The zero-order valence-corrected chi connectivity index (χ0v) is 11.3. The first-order valence-corrected chi connectivity index (χ1v) is 6.49. The second kappa shape index (κ2) is 5.19. The molecular formula is C15H23NO. The number of hydrogen-bond donors (Lipinski definition) is 1. The number of nitrogens with one attached hydrogen (secondary N) is 1. The average molecular weight is 233 g/mol. The molecule has 2 rings (SSSR count). The molecule has 1 heterocycles. The van der Waals surface area contributed by atoms with Crippen LogP contribution >= 0.6 is 0 Å². The Morgan fingerprint density at radius 3 is 2.53 bits per heavy atom. The molecule has 2 heteroatoms. The van der Waals surface area contributed by atoms with Crippen LogP contribution in [0.1, 0.15) is 35.6 Å². The van der Waals surface area contributed by atoms with Gasteiger partial charge in [-0.1, -0.05) is 12.1 Å². The van der Waals surface area contributed by atoms with Crippen LogP contribution in [-0.4, -0.2) is 18.8 Å². The summed E-state index contributed by atoms with van der Waals surface area (Å²) in [5.41, 5.74) is 5.55. The molecule has 1 aromatic rings. The Hall–Kier alpha value is -0.860. The third-order valence-corrected chi connectivity index (χ3v) is 3.88. The van der Waals surface area contributed by atoms with E-state index in [1.807, 2.05) is 0 Å². The molecule has 2 unspecified atom stereocenters. The predicted octanol–water partition coefficient (Wildman–Crippen LogP) is 2.88. The van der Waals surface area contributed by atoms with Gasteiger partial charge >= 0.3 is 0 Å². The summed E-state index contributed by atoms with van der Waals surface area (Å²) in [7, 11) is 0. The Bertz CT molecular complexity index is 400. The first-order valence-electron chi connectivity index (χ1n) is 6.49. The van der Waals surface area contributed by atoms with Gasteiger partial charge in [0.15, 0.2) is 0 Å². The van der Waals surface area contributed by atoms with Gasteiger partial charge in [-0.25, -0.2) is 0 Å². The van der Waals surface area contributed by atoms with Gasteiger partial charge in [-0.15, -0.1) is 0 Å². The fourth-order valence-corrected chi connectivity index (χ4v) is 2.45. The maximum Gasteiger partial charge on any atom is 0.0700 e. The predicted molar refractivity (Wildman–Crippen MR) is 71.3 cm³/mol. The third kappa shape index (κ3) is 2.88. The Kier molecular flexibility index (Phi) is 3.85. The normalized spacial score (nSPS) is 24.2. The largest absolute Gasteiger partial charge is 0.377 e. The average Bonchev–Trinajstić information content (AvgIpc) is 2.68. The van der Waals surface area contributed by atoms with E-state index in [2.05, 4.69) is 45.1 Å². The van der Waals surface area contributed by atoms with Crippen LogP contribution in [0.15, 0.2) is 12.1 Å². The fraction of sp³-hybridized carbons (Fsp3) is 0.600. The van der Waals surface area contributed by atoms with Crippen LogP contribution in [0.25, 0.3) is 0 Å². The van der Waals surface area contributed by atoms with E-state index < -0.39 is 0 Å². The molecule has 1 aliphatic rings. The van der Waals surface area contributed by atoms with Crippen molar-refractivity contribution in [3.8, 4) is 0 Å². The summed E-state index contributed by atoms with van der Waals surface area (Å²) in [5, 5.41) is 3.61. The first-order chi connectivity index (χ1) is 8.08. The summed E-state index contributed by atoms with van der Waals surface area (Å²) >= 11 is 0. The number of aryl methyl sites for hydroxylation is 3. The maximum atomic E-state index is 5.56. The van der Waals surface area contributed by atoms with Gasteiger partial charge < -0.3 is 10.1 Å². The number of rotatable bonds is 3. The third-order valence-electron chi connectivity index (χ3n) is 3.88. The van der Waals surface area contributed by atoms with Crippen molar-refractivity contribution in [1.29, 1.82) is 0 Å². The number of benzene rings is 1. The van der Waals surface area contributed by atoms with E-state index in [1.54, 1.807) is 0 Å². The molecule has 0 aliphatic carbocycles. The topological polar surface area (TPSA) is 21.3 Å². The van der Waals surface area contributed by atoms with E-state index in [4.69, 9.17) is 4.74 Å². The highest BCUT2D eigenvalue weighted by atomic mass is 16.5. The first kappa shape index (κ1) is 12.6. The fourth-order valence-electron chi connectivity index (χ4n) is 2.45. The molecule has 1 aromatic carbocycles. The highest BCUT2D eigenvalue weighted by Crippen LogP contribution is 2.17. The Morgan fingerprint density at radius 1 is 1.18 bits per heavy atom. The molecule has 0 radical (unpaired) electrons. The van der Waals surface area contributed by atoms with Crippen LogP contribution in [0.5, 0.6) is 0 Å². The van der Waals surface area contributed by atoms with Crippen molar-refractivity contribution < 1.29 is 4.74 Å². The molecule has 1 N–H and O–H groups in total. The minimum Gasteiger partial charge on any atom is -0.377 e. The zero-order chi connectivity index (χ0) is 12.4. The molecular weight excluding hydrogens is 210 g/mol. The quantitative estimate of drug-likeness (QED) is 0.866. The SMILES string of the molecule is Cc1cc(C)c(CNC2CCOC2C)cc1C. The summed E-state index contributed by atoms with van der Waals surface area (Å²) in [5.74, 6) is 0. The van der Waals surface area contributed by atoms with E-state index in [1.165, 1.54) is 22.3 Å². The van der Waals surface area contributed by atoms with Crippen LogP contribution in [0.2, 0.25) is 0 Å². The lowest BCUT2D eigenvalue weighted by Gasteiger charge is -2.17. The molecule has 0 spiro atoms. The van der Waals surface area contributed by atoms with Gasteiger partial charge in [0.05, 0.1) is 6.10 Å². The van der Waals surface area contributed by atoms with Gasteiger partial charge in [0.2, 0.25) is 0 Å². The minimum atomic E-state index is 0.349. The molecule has 17 heavy (non-hydrogen) atoms. The van der Waals surface area contributed by atoms with E-state index in [-0.39, 0.29) is 0 Å². The van der Waals surface area contributed by atoms with Crippen molar-refractivity contribution in [2.45, 2.75) is 52.8 Å². The van der Waals surface area contributed by atoms with Gasteiger partial charge in [-0.2, -0.15) is 0 Å². The van der Waals surface area contributed by atoms with E-state index in [0.717, 1.165) is 19.6 Å². The Morgan fingerprint density at radius 2 is 1.88 bits per heavy atom. The van der Waals surface area contributed by atoms with Crippen LogP contribution in [0.3, 0.4) is 0 Å². The van der Waals surface area contributed by atoms with Crippen molar-refractivity contribution in [3.05, 3.63) is 34.4 Å². The van der Waals surface area contributed by atoms with Gasteiger partial charge in [-0.3, -0.25) is 0 Å². The highest BCUT2D eigenvalue weighted by molar-refractivity contribution is 5.36. The van der Waals surface area contributed by atoms with E-state index in [0.29, 0.717) is 12.1 Å². The zero-order valence-electron chi connectivity index (χ0n) is 11.3. The monoisotopic (exact) mass is 233 g/mol. The molecule has 0 saturated carbocycles. The van der Waals surface area contributed by atoms with Crippen LogP contribution in [0.4, 0.5) is 0 Å². The van der Waals surface area contributed by atoms with Crippen molar-refractivity contribution >= 4 is 0 Å². The van der Waals surface area contributed by atoms with E-state index in [9.17, 15) is 0 Å². The summed E-state index contributed by atoms with van der Waals surface area (Å²) < 4.78 is 5.56. The second-order valence-corrected chi connectivity index (χ2v) is 5.21. The lowest BCUT2D eigenvalue weighted by atomic mass is 10.0. The second-order valence-electron chi connectivity index (χ2n) is 5.21. The van der Waals surface area contributed by atoms with Crippen LogP contribution in [-0.2, 0) is 11.3 Å². The molecule has 0 amide bonds. The molecule has 0 bridgehead atoms. The lowest BCUT2D eigenvalue weighted by Crippen LogP contribution is -2.34. The lowest BCUT2D eigenvalue weighted by molar-refractivity contribution is 0.113. The Balaban J connectivity index is 2.01. The summed E-state index contributed by atoms with van der Waals surface area (Å²) in [6.07, 6.45) is 1.48. The molecule has 1 fully saturated rings. The van der Waals surface area contributed by atoms with Crippen molar-refractivity contribution in [2.24, 2.45) is 0 Å². The van der Waals surface area contributed by atoms with Gasteiger partial charge in [-0.05, 0) is 56.4 Å². The maximum absolute atomic E-state index is 5.56. The highest BCUT2D eigenvalue weighted by Gasteiger charge is 2.23. The molecule has 2 atom stereocenters. The number of hydrogen-bond acceptors (Lipinski definition) is 2. The van der Waals surface area contributed by atoms with Gasteiger partial charge in [0.25, 0.3) is 0 Å². The number of ether oxygens (including phenoxy) is 1. The van der Waals surface area contributed by atoms with E-state index >= 15 is 0 Å². The minimum absolute atomic E-state index is 0.349. The van der Waals surface area contributed by atoms with Crippen molar-refractivity contribution in [2.75, 3.05) is 6.61 Å². The van der Waals surface area contributed by atoms with Crippen LogP contribution in [0, 0.1) is 20.8 Å². The van der Waals surface area contributed by atoms with Gasteiger partial charge in [0.1, 0.15) is 0 Å². The van der Waals surface area contributed by atoms with Crippen LogP contribution < -0.4 is 5.32 Å². The molecule has 94 valence electrons. The molecule has 2 nitrogen and oxygen atoms in total. The summed E-state index contributed by atoms with van der Waals surface area (Å²) in [6, 6.07) is 5.09. The smallest absolute Gasteiger partial charge is 0.0700 e.